The summed E-state index contributed by atoms with van der Waals surface area (Å²) in [5.41, 5.74) is 6.24. The fourth-order valence-corrected chi connectivity index (χ4v) is 3.81. The van der Waals surface area contributed by atoms with Gasteiger partial charge in [-0.05, 0) is 57.3 Å². The number of carbonyl (C=O) groups is 3. The molecule has 2 rings (SSSR count). The van der Waals surface area contributed by atoms with E-state index in [1.165, 1.54) is 13.5 Å². The first kappa shape index (κ1) is 20.7. The Bertz CT molecular complexity index is 499. The van der Waals surface area contributed by atoms with Gasteiger partial charge in [0, 0.05) is 32.0 Å². The average molecular weight is 367 g/mol. The third kappa shape index (κ3) is 5.69. The monoisotopic (exact) mass is 367 g/mol. The van der Waals surface area contributed by atoms with Gasteiger partial charge in [-0.2, -0.15) is 0 Å². The molecule has 148 valence electrons. The van der Waals surface area contributed by atoms with Gasteiger partial charge in [-0.25, -0.2) is 0 Å². The number of hydrogen-bond donors (Lipinski definition) is 2. The largest absolute Gasteiger partial charge is 0.469 e. The van der Waals surface area contributed by atoms with Crippen molar-refractivity contribution < 1.29 is 19.1 Å². The molecule has 26 heavy (non-hydrogen) atoms. The molecule has 2 amide bonds. The molecule has 0 aromatic heterocycles. The molecule has 7 heteroatoms. The first-order valence-corrected chi connectivity index (χ1v) is 9.80. The summed E-state index contributed by atoms with van der Waals surface area (Å²) in [6.07, 6.45) is 7.89. The summed E-state index contributed by atoms with van der Waals surface area (Å²) in [6, 6.07) is 0.0787. The van der Waals surface area contributed by atoms with Crippen LogP contribution in [0.3, 0.4) is 0 Å². The van der Waals surface area contributed by atoms with Gasteiger partial charge in [0.2, 0.25) is 11.8 Å². The van der Waals surface area contributed by atoms with Crippen LogP contribution in [0.25, 0.3) is 0 Å². The summed E-state index contributed by atoms with van der Waals surface area (Å²) in [7, 11) is 3.21. The second kappa shape index (κ2) is 9.90. The molecule has 0 aromatic rings. The lowest BCUT2D eigenvalue weighted by Gasteiger charge is -2.38. The molecule has 7 nitrogen and oxygen atoms in total. The van der Waals surface area contributed by atoms with Crippen molar-refractivity contribution >= 4 is 17.8 Å². The minimum absolute atomic E-state index is 0.0255. The Hall–Kier alpha value is -1.63. The predicted octanol–water partition coefficient (Wildman–Crippen LogP) is 1.34. The van der Waals surface area contributed by atoms with Crippen molar-refractivity contribution in [3.05, 3.63) is 0 Å². The number of carbonyl (C=O) groups excluding carboxylic acids is 3. The van der Waals surface area contributed by atoms with E-state index in [1.807, 2.05) is 11.9 Å². The Morgan fingerprint density at radius 2 is 1.77 bits per heavy atom. The molecule has 2 fully saturated rings. The molecule has 0 saturated heterocycles. The number of amides is 2. The number of nitrogens with one attached hydrogen (secondary N) is 1. The van der Waals surface area contributed by atoms with E-state index in [0.717, 1.165) is 38.5 Å². The molecular weight excluding hydrogens is 334 g/mol. The lowest BCUT2D eigenvalue weighted by molar-refractivity contribution is -0.141. The highest BCUT2D eigenvalue weighted by atomic mass is 16.5. The van der Waals surface area contributed by atoms with Gasteiger partial charge in [-0.3, -0.25) is 14.4 Å². The van der Waals surface area contributed by atoms with Crippen LogP contribution in [0.5, 0.6) is 0 Å². The Morgan fingerprint density at radius 1 is 1.12 bits per heavy atom. The van der Waals surface area contributed by atoms with Crippen LogP contribution >= 0.6 is 0 Å². The van der Waals surface area contributed by atoms with Crippen LogP contribution in [0.4, 0.5) is 0 Å². The summed E-state index contributed by atoms with van der Waals surface area (Å²) in [5.74, 6) is -0.0613. The fraction of sp³-hybridized carbons (Fsp3) is 0.842. The maximum atomic E-state index is 12.5. The van der Waals surface area contributed by atoms with Gasteiger partial charge in [-0.15, -0.1) is 0 Å². The van der Waals surface area contributed by atoms with E-state index in [9.17, 15) is 14.4 Å². The van der Waals surface area contributed by atoms with E-state index in [4.69, 9.17) is 5.73 Å². The van der Waals surface area contributed by atoms with Crippen molar-refractivity contribution in [2.24, 2.45) is 11.7 Å². The maximum absolute atomic E-state index is 12.5. The van der Waals surface area contributed by atoms with Gasteiger partial charge in [0.1, 0.15) is 0 Å². The highest BCUT2D eigenvalue weighted by Crippen LogP contribution is 2.29. The van der Waals surface area contributed by atoms with Crippen LogP contribution in [-0.4, -0.2) is 55.0 Å². The highest BCUT2D eigenvalue weighted by molar-refractivity contribution is 5.82. The number of likely N-dealkylation sites (N-methyl/N-ethyl adjacent to an activating group) is 1. The second-order valence-electron chi connectivity index (χ2n) is 7.67. The number of methoxy groups -OCH3 is 1. The molecule has 0 aromatic carbocycles. The molecule has 1 atom stereocenters. The van der Waals surface area contributed by atoms with Crippen molar-refractivity contribution in [3.8, 4) is 0 Å². The Kier molecular flexibility index (Phi) is 7.87. The second-order valence-corrected chi connectivity index (χ2v) is 7.67. The molecular formula is C19H33N3O4. The summed E-state index contributed by atoms with van der Waals surface area (Å²) in [5, 5.41) is 3.03. The van der Waals surface area contributed by atoms with E-state index >= 15 is 0 Å². The normalized spacial score (nSPS) is 24.3. The van der Waals surface area contributed by atoms with Crippen LogP contribution in [0, 0.1) is 5.92 Å². The molecule has 2 aliphatic rings. The summed E-state index contributed by atoms with van der Waals surface area (Å²) in [6.45, 7) is 0. The Labute approximate surface area is 156 Å². The van der Waals surface area contributed by atoms with Crippen LogP contribution in [-0.2, 0) is 19.1 Å². The zero-order chi connectivity index (χ0) is 19.1. The zero-order valence-electron chi connectivity index (χ0n) is 16.0. The van der Waals surface area contributed by atoms with Crippen molar-refractivity contribution in [3.63, 3.8) is 0 Å². The van der Waals surface area contributed by atoms with Crippen LogP contribution in [0.15, 0.2) is 0 Å². The topological polar surface area (TPSA) is 102 Å². The zero-order valence-corrected chi connectivity index (χ0v) is 16.0. The SMILES string of the molecule is COC(=O)CCCC(=O)NC1CCC([C@H](N)C(=O)N(C)C2CCC2)CC1. The summed E-state index contributed by atoms with van der Waals surface area (Å²) in [4.78, 5) is 37.4. The number of esters is 1. The Balaban J connectivity index is 1.67. The Morgan fingerprint density at radius 3 is 2.31 bits per heavy atom. The van der Waals surface area contributed by atoms with Gasteiger partial charge < -0.3 is 20.7 Å². The van der Waals surface area contributed by atoms with Crippen molar-refractivity contribution in [1.29, 1.82) is 0 Å². The predicted molar refractivity (Wildman–Crippen MR) is 98.1 cm³/mol. The number of ether oxygens (including phenoxy) is 1. The number of hydrogen-bond acceptors (Lipinski definition) is 5. The van der Waals surface area contributed by atoms with Gasteiger partial charge in [0.05, 0.1) is 13.2 Å². The van der Waals surface area contributed by atoms with E-state index in [2.05, 4.69) is 10.1 Å². The number of nitrogens with two attached hydrogens (primary N) is 1. The van der Waals surface area contributed by atoms with Crippen molar-refractivity contribution in [2.45, 2.75) is 82.3 Å². The molecule has 0 bridgehead atoms. The first-order chi connectivity index (χ1) is 12.4. The average Bonchev–Trinajstić information content (AvgIpc) is 2.59. The van der Waals surface area contributed by atoms with Gasteiger partial charge >= 0.3 is 5.97 Å². The van der Waals surface area contributed by atoms with E-state index in [0.29, 0.717) is 18.9 Å². The molecule has 0 unspecified atom stereocenters. The minimum Gasteiger partial charge on any atom is -0.469 e. The molecule has 0 heterocycles. The van der Waals surface area contributed by atoms with Gasteiger partial charge in [-0.1, -0.05) is 0 Å². The highest BCUT2D eigenvalue weighted by Gasteiger charge is 2.34. The van der Waals surface area contributed by atoms with E-state index in [1.54, 1.807) is 0 Å². The van der Waals surface area contributed by atoms with Crippen molar-refractivity contribution in [2.75, 3.05) is 14.2 Å². The molecule has 0 spiro atoms. The lowest BCUT2D eigenvalue weighted by atomic mass is 9.80. The smallest absolute Gasteiger partial charge is 0.305 e. The number of nitrogens with zero attached hydrogens (tertiary/aromatic N) is 1. The van der Waals surface area contributed by atoms with E-state index in [-0.39, 0.29) is 36.2 Å². The molecule has 0 radical (unpaired) electrons. The van der Waals surface area contributed by atoms with Crippen LogP contribution in [0.2, 0.25) is 0 Å². The molecule has 3 N–H and O–H groups in total. The standard InChI is InChI=1S/C19H33N3O4/c1-22(15-5-3-6-15)19(25)18(20)13-9-11-14(12-10-13)21-16(23)7-4-8-17(24)26-2/h13-15,18H,3-12,20H2,1-2H3,(H,21,23)/t13?,14?,18-/m0/s1. The van der Waals surface area contributed by atoms with Gasteiger partial charge in [0.15, 0.2) is 0 Å². The number of rotatable bonds is 8. The van der Waals surface area contributed by atoms with E-state index < -0.39 is 6.04 Å². The lowest BCUT2D eigenvalue weighted by Crippen LogP contribution is -2.52. The van der Waals surface area contributed by atoms with Crippen LogP contribution < -0.4 is 11.1 Å². The van der Waals surface area contributed by atoms with Crippen molar-refractivity contribution in [1.82, 2.24) is 10.2 Å². The quantitative estimate of drug-likeness (QED) is 0.631. The molecule has 2 saturated carbocycles. The summed E-state index contributed by atoms with van der Waals surface area (Å²) >= 11 is 0. The van der Waals surface area contributed by atoms with Gasteiger partial charge in [0.25, 0.3) is 0 Å². The van der Waals surface area contributed by atoms with Crippen LogP contribution in [0.1, 0.15) is 64.2 Å². The molecule has 0 aliphatic heterocycles. The maximum Gasteiger partial charge on any atom is 0.305 e. The molecule has 2 aliphatic carbocycles. The third-order valence-electron chi connectivity index (χ3n) is 5.91. The minimum atomic E-state index is -0.433. The first-order valence-electron chi connectivity index (χ1n) is 9.80. The third-order valence-corrected chi connectivity index (χ3v) is 5.91. The summed E-state index contributed by atoms with van der Waals surface area (Å²) < 4.78 is 4.56. The fourth-order valence-electron chi connectivity index (χ4n) is 3.81.